The van der Waals surface area contributed by atoms with E-state index in [4.69, 9.17) is 5.26 Å². The van der Waals surface area contributed by atoms with Gasteiger partial charge < -0.3 is 5.11 Å². The summed E-state index contributed by atoms with van der Waals surface area (Å²) in [7, 11) is -3.99. The summed E-state index contributed by atoms with van der Waals surface area (Å²) in [6, 6.07) is 18.3. The quantitative estimate of drug-likeness (QED) is 0.274. The van der Waals surface area contributed by atoms with Crippen molar-refractivity contribution in [3.8, 4) is 11.8 Å². The molecule has 1 aromatic heterocycles. The average molecular weight is 601 g/mol. The third kappa shape index (κ3) is 5.18. The monoisotopic (exact) mass is 600 g/mol. The fraction of sp³-hybridized carbons (Fsp3) is 0.273. The van der Waals surface area contributed by atoms with E-state index in [-0.39, 0.29) is 28.4 Å². The molecule has 7 nitrogen and oxygen atoms in total. The Morgan fingerprint density at radius 2 is 1.88 bits per heavy atom. The Bertz CT molecular complexity index is 1900. The van der Waals surface area contributed by atoms with Crippen LogP contribution >= 0.6 is 0 Å². The predicted molar refractivity (Wildman–Crippen MR) is 157 cm³/mol. The smallest absolute Gasteiger partial charge is 0.240 e. The second-order valence-electron chi connectivity index (χ2n) is 11.5. The van der Waals surface area contributed by atoms with E-state index in [1.54, 1.807) is 35.1 Å². The number of nitriles is 1. The van der Waals surface area contributed by atoms with Crippen LogP contribution in [0.5, 0.6) is 0 Å². The minimum absolute atomic E-state index is 0.0728. The minimum atomic E-state index is -3.99. The molecule has 220 valence electrons. The van der Waals surface area contributed by atoms with Gasteiger partial charge in [-0.2, -0.15) is 10.4 Å². The van der Waals surface area contributed by atoms with Gasteiger partial charge in [-0.05, 0) is 97.8 Å². The number of hydrogen-bond acceptors (Lipinski definition) is 5. The van der Waals surface area contributed by atoms with Crippen LogP contribution in [0.4, 0.5) is 8.78 Å². The Morgan fingerprint density at radius 1 is 1.12 bits per heavy atom. The molecule has 2 aliphatic carbocycles. The molecule has 0 spiro atoms. The van der Waals surface area contributed by atoms with Crippen LogP contribution < -0.4 is 4.72 Å². The first-order valence-electron chi connectivity index (χ1n) is 14.1. The maximum Gasteiger partial charge on any atom is 0.240 e. The molecule has 1 fully saturated rings. The summed E-state index contributed by atoms with van der Waals surface area (Å²) in [5.41, 5.74) is 3.17. The van der Waals surface area contributed by atoms with Gasteiger partial charge >= 0.3 is 0 Å². The summed E-state index contributed by atoms with van der Waals surface area (Å²) in [4.78, 5) is -0.0728. The number of fused-ring (bicyclic) bond motifs is 2. The first kappa shape index (κ1) is 28.9. The summed E-state index contributed by atoms with van der Waals surface area (Å²) in [6.45, 7) is 1.79. The van der Waals surface area contributed by atoms with E-state index in [1.165, 1.54) is 42.5 Å². The maximum absolute atomic E-state index is 15.0. The molecule has 0 amide bonds. The van der Waals surface area contributed by atoms with Gasteiger partial charge in [-0.25, -0.2) is 26.6 Å². The third-order valence-corrected chi connectivity index (χ3v) is 10.5. The van der Waals surface area contributed by atoms with Crippen LogP contribution in [0.1, 0.15) is 54.1 Å². The Balaban J connectivity index is 1.21. The first-order valence-corrected chi connectivity index (χ1v) is 15.5. The average Bonchev–Trinajstić information content (AvgIpc) is 3.51. The standard InChI is InChI=1S/C33H30F2N4O3S/c1-32-18-24-20-37-39(27-10-8-26(34)9-11-27)31(24)17-25(32)13-15-33(32,40)14-12-23-5-3-7-30(35)29(23)21-38-43(41,42)28-6-2-4-22(16-28)19-36/h2-11,16-17,20,38,40H,12-15,18,21H2,1H3/t32-,33-/m0/s1. The molecule has 2 atom stereocenters. The highest BCUT2D eigenvalue weighted by atomic mass is 32.2. The number of aryl methyl sites for hydroxylation is 1. The molecule has 6 rings (SSSR count). The van der Waals surface area contributed by atoms with Crippen molar-refractivity contribution in [2.75, 3.05) is 0 Å². The van der Waals surface area contributed by atoms with E-state index in [1.807, 2.05) is 6.07 Å². The topological polar surface area (TPSA) is 108 Å². The van der Waals surface area contributed by atoms with Crippen molar-refractivity contribution in [1.82, 2.24) is 14.5 Å². The van der Waals surface area contributed by atoms with Crippen molar-refractivity contribution in [2.24, 2.45) is 5.41 Å². The van der Waals surface area contributed by atoms with Gasteiger partial charge in [0.1, 0.15) is 11.6 Å². The molecule has 1 heterocycles. The highest BCUT2D eigenvalue weighted by molar-refractivity contribution is 7.89. The van der Waals surface area contributed by atoms with Crippen LogP contribution in [0, 0.1) is 28.4 Å². The van der Waals surface area contributed by atoms with Crippen LogP contribution in [0.2, 0.25) is 0 Å². The van der Waals surface area contributed by atoms with Crippen molar-refractivity contribution >= 4 is 16.1 Å². The second-order valence-corrected chi connectivity index (χ2v) is 13.3. The van der Waals surface area contributed by atoms with Gasteiger partial charge in [-0.3, -0.25) is 0 Å². The number of halogens is 2. The lowest BCUT2D eigenvalue weighted by Crippen LogP contribution is -2.45. The van der Waals surface area contributed by atoms with Crippen LogP contribution in [-0.4, -0.2) is 28.9 Å². The van der Waals surface area contributed by atoms with Crippen molar-refractivity contribution < 1.29 is 22.3 Å². The van der Waals surface area contributed by atoms with E-state index in [9.17, 15) is 17.9 Å². The normalized spacial score (nSPS) is 21.1. The molecular formula is C33H30F2N4O3S. The Morgan fingerprint density at radius 3 is 2.65 bits per heavy atom. The van der Waals surface area contributed by atoms with Gasteiger partial charge in [0.25, 0.3) is 0 Å². The van der Waals surface area contributed by atoms with Crippen molar-refractivity contribution in [1.29, 1.82) is 5.26 Å². The van der Waals surface area contributed by atoms with Gasteiger partial charge in [-0.15, -0.1) is 0 Å². The van der Waals surface area contributed by atoms with Gasteiger partial charge in [0, 0.05) is 17.5 Å². The summed E-state index contributed by atoms with van der Waals surface area (Å²) >= 11 is 0. The summed E-state index contributed by atoms with van der Waals surface area (Å²) in [5.74, 6) is -0.854. The molecule has 0 radical (unpaired) electrons. The lowest BCUT2D eigenvalue weighted by Gasteiger charge is -2.42. The number of nitrogens with one attached hydrogen (secondary N) is 1. The fourth-order valence-corrected chi connectivity index (χ4v) is 7.52. The number of benzene rings is 3. The van der Waals surface area contributed by atoms with Gasteiger partial charge in [0.15, 0.2) is 0 Å². The maximum atomic E-state index is 15.0. The molecule has 2 N–H and O–H groups in total. The molecule has 0 aliphatic heterocycles. The summed E-state index contributed by atoms with van der Waals surface area (Å²) < 4.78 is 58.6. The van der Waals surface area contributed by atoms with Crippen LogP contribution in [0.3, 0.4) is 0 Å². The molecule has 0 bridgehead atoms. The third-order valence-electron chi connectivity index (χ3n) is 9.09. The number of hydrogen-bond donors (Lipinski definition) is 2. The lowest BCUT2D eigenvalue weighted by atomic mass is 9.65. The first-order chi connectivity index (χ1) is 20.5. The van der Waals surface area contributed by atoms with Gasteiger partial charge in [0.2, 0.25) is 10.0 Å². The summed E-state index contributed by atoms with van der Waals surface area (Å²) in [6.07, 6.45) is 6.38. The molecule has 43 heavy (non-hydrogen) atoms. The molecular weight excluding hydrogens is 570 g/mol. The Labute approximate surface area is 249 Å². The minimum Gasteiger partial charge on any atom is -0.389 e. The molecule has 3 aromatic carbocycles. The predicted octanol–water partition coefficient (Wildman–Crippen LogP) is 5.60. The number of rotatable bonds is 8. The highest BCUT2D eigenvalue weighted by Gasteiger charge is 2.54. The molecule has 0 saturated heterocycles. The SMILES string of the molecule is C[C@]12Cc3cnn(-c4ccc(F)cc4)c3C=C1CC[C@@]2(O)CCc1cccc(F)c1CNS(=O)(=O)c1cccc(C#N)c1. The zero-order valence-electron chi connectivity index (χ0n) is 23.5. The van der Waals surface area contributed by atoms with Crippen LogP contribution in [0.15, 0.2) is 83.4 Å². The highest BCUT2D eigenvalue weighted by Crippen LogP contribution is 2.57. The van der Waals surface area contributed by atoms with E-state index in [0.29, 0.717) is 37.7 Å². The number of sulfonamides is 1. The zero-order chi connectivity index (χ0) is 30.4. The molecule has 4 aromatic rings. The van der Waals surface area contributed by atoms with E-state index >= 15 is 4.39 Å². The summed E-state index contributed by atoms with van der Waals surface area (Å²) in [5, 5.41) is 25.7. The van der Waals surface area contributed by atoms with Crippen molar-refractivity contribution in [3.63, 3.8) is 0 Å². The van der Waals surface area contributed by atoms with Gasteiger partial charge in [-0.1, -0.05) is 30.7 Å². The fourth-order valence-electron chi connectivity index (χ4n) is 6.48. The number of aliphatic hydroxyl groups is 1. The number of nitrogens with zero attached hydrogens (tertiary/aromatic N) is 3. The van der Waals surface area contributed by atoms with E-state index in [0.717, 1.165) is 22.5 Å². The molecule has 0 unspecified atom stereocenters. The Hall–Kier alpha value is -4.17. The zero-order valence-corrected chi connectivity index (χ0v) is 24.3. The van der Waals surface area contributed by atoms with Crippen molar-refractivity contribution in [3.05, 3.63) is 118 Å². The van der Waals surface area contributed by atoms with Crippen LogP contribution in [0.25, 0.3) is 11.8 Å². The largest absolute Gasteiger partial charge is 0.389 e. The second kappa shape index (κ2) is 10.8. The Kier molecular flexibility index (Phi) is 7.29. The molecule has 2 aliphatic rings. The van der Waals surface area contributed by atoms with Crippen molar-refractivity contribution in [2.45, 2.75) is 56.1 Å². The number of aromatic nitrogens is 2. The van der Waals surface area contributed by atoms with E-state index in [2.05, 4.69) is 22.8 Å². The molecule has 10 heteroatoms. The van der Waals surface area contributed by atoms with E-state index < -0.39 is 26.9 Å². The van der Waals surface area contributed by atoms with Gasteiger partial charge in [0.05, 0.1) is 39.7 Å². The van der Waals surface area contributed by atoms with Crippen LogP contribution in [-0.2, 0) is 29.4 Å². The molecule has 1 saturated carbocycles. The lowest BCUT2D eigenvalue weighted by molar-refractivity contribution is -0.0462.